The molecule has 0 fully saturated rings. The van der Waals surface area contributed by atoms with E-state index in [1.807, 2.05) is 60.8 Å². The maximum atomic E-state index is 13.4. The van der Waals surface area contributed by atoms with E-state index in [0.717, 1.165) is 21.6 Å². The molecule has 0 unspecified atom stereocenters. The fraction of sp³-hybridized carbons (Fsp3) is 0.130. The predicted octanol–water partition coefficient (Wildman–Crippen LogP) is 5.71. The van der Waals surface area contributed by atoms with E-state index in [0.29, 0.717) is 12.3 Å². The Hall–Kier alpha value is -2.67. The minimum atomic E-state index is -3.69. The van der Waals surface area contributed by atoms with E-state index in [4.69, 9.17) is 4.42 Å². The third kappa shape index (κ3) is 4.34. The van der Waals surface area contributed by atoms with Gasteiger partial charge < -0.3 is 4.42 Å². The van der Waals surface area contributed by atoms with Crippen molar-refractivity contribution in [2.45, 2.75) is 24.9 Å². The van der Waals surface area contributed by atoms with Crippen molar-refractivity contribution >= 4 is 21.4 Å². The van der Waals surface area contributed by atoms with E-state index in [1.165, 1.54) is 4.31 Å². The van der Waals surface area contributed by atoms with Gasteiger partial charge in [-0.15, -0.1) is 11.3 Å². The lowest BCUT2D eigenvalue weighted by Gasteiger charge is -2.21. The largest absolute Gasteiger partial charge is 0.468 e. The molecule has 0 aliphatic rings. The van der Waals surface area contributed by atoms with Gasteiger partial charge in [-0.3, -0.25) is 0 Å². The van der Waals surface area contributed by atoms with Crippen LogP contribution in [0.2, 0.25) is 0 Å². The van der Waals surface area contributed by atoms with Crippen LogP contribution in [0.1, 0.15) is 16.2 Å². The number of hydrogen-bond donors (Lipinski definition) is 0. The number of hydrogen-bond acceptors (Lipinski definition) is 4. The van der Waals surface area contributed by atoms with Crippen molar-refractivity contribution in [3.05, 3.63) is 101 Å². The normalized spacial score (nSPS) is 11.8. The third-order valence-electron chi connectivity index (χ3n) is 4.80. The minimum Gasteiger partial charge on any atom is -0.468 e. The average Bonchev–Trinajstić information content (AvgIpc) is 3.40. The molecule has 4 nitrogen and oxygen atoms in total. The standard InChI is InChI=1S/C23H21NO3S2/c1-18-13-15-28-23(18)17-24(16-21-8-5-14-27-21)29(25,26)22-11-9-20(10-12-22)19-6-3-2-4-7-19/h2-15H,16-17H2,1H3. The zero-order valence-electron chi connectivity index (χ0n) is 16.0. The molecule has 2 aromatic carbocycles. The molecule has 0 radical (unpaired) electrons. The van der Waals surface area contributed by atoms with Crippen LogP contribution in [0, 0.1) is 6.92 Å². The van der Waals surface area contributed by atoms with E-state index < -0.39 is 10.0 Å². The quantitative estimate of drug-likeness (QED) is 0.383. The molecule has 0 spiro atoms. The molecule has 0 aliphatic heterocycles. The Morgan fingerprint density at radius 2 is 1.59 bits per heavy atom. The van der Waals surface area contributed by atoms with Crippen LogP contribution in [0.25, 0.3) is 11.1 Å². The molecular weight excluding hydrogens is 402 g/mol. The summed E-state index contributed by atoms with van der Waals surface area (Å²) in [6, 6.07) is 22.5. The summed E-state index contributed by atoms with van der Waals surface area (Å²) < 4.78 is 33.8. The number of sulfonamides is 1. The molecule has 6 heteroatoms. The average molecular weight is 424 g/mol. The minimum absolute atomic E-state index is 0.188. The first-order valence-electron chi connectivity index (χ1n) is 9.25. The van der Waals surface area contributed by atoms with Gasteiger partial charge in [0.05, 0.1) is 17.7 Å². The van der Waals surface area contributed by atoms with E-state index in [-0.39, 0.29) is 11.4 Å². The van der Waals surface area contributed by atoms with Crippen molar-refractivity contribution in [2.24, 2.45) is 0 Å². The Balaban J connectivity index is 1.65. The highest BCUT2D eigenvalue weighted by atomic mass is 32.2. The van der Waals surface area contributed by atoms with Gasteiger partial charge in [0.1, 0.15) is 5.76 Å². The van der Waals surface area contributed by atoms with Crippen LogP contribution in [-0.2, 0) is 23.1 Å². The number of aryl methyl sites for hydroxylation is 1. The molecule has 0 saturated carbocycles. The summed E-state index contributed by atoms with van der Waals surface area (Å²) in [5.74, 6) is 0.615. The van der Waals surface area contributed by atoms with Gasteiger partial charge in [0.15, 0.2) is 0 Å². The van der Waals surface area contributed by atoms with Gasteiger partial charge in [0, 0.05) is 11.4 Å². The molecule has 0 bridgehead atoms. The second-order valence-electron chi connectivity index (χ2n) is 6.77. The van der Waals surface area contributed by atoms with E-state index in [9.17, 15) is 8.42 Å². The Kier molecular flexibility index (Phi) is 5.67. The molecule has 0 atom stereocenters. The van der Waals surface area contributed by atoms with Crippen molar-refractivity contribution in [1.82, 2.24) is 4.31 Å². The first kappa shape index (κ1) is 19.6. The number of furan rings is 1. The summed E-state index contributed by atoms with van der Waals surface area (Å²) in [6.07, 6.45) is 1.56. The van der Waals surface area contributed by atoms with Gasteiger partial charge in [-0.25, -0.2) is 8.42 Å². The Bertz CT molecular complexity index is 1160. The van der Waals surface area contributed by atoms with Crippen LogP contribution >= 0.6 is 11.3 Å². The highest BCUT2D eigenvalue weighted by Crippen LogP contribution is 2.27. The maximum absolute atomic E-state index is 13.4. The summed E-state index contributed by atoms with van der Waals surface area (Å²) in [4.78, 5) is 1.30. The first-order chi connectivity index (χ1) is 14.0. The molecule has 148 valence electrons. The van der Waals surface area contributed by atoms with Crippen LogP contribution in [0.4, 0.5) is 0 Å². The molecule has 0 aliphatic carbocycles. The predicted molar refractivity (Wildman–Crippen MR) is 116 cm³/mol. The fourth-order valence-electron chi connectivity index (χ4n) is 3.13. The summed E-state index contributed by atoms with van der Waals surface area (Å²) >= 11 is 1.56. The fourth-order valence-corrected chi connectivity index (χ4v) is 5.50. The molecule has 4 aromatic rings. The SMILES string of the molecule is Cc1ccsc1CN(Cc1ccco1)S(=O)(=O)c1ccc(-c2ccccc2)cc1. The number of nitrogens with zero attached hydrogens (tertiary/aromatic N) is 1. The van der Waals surface area contributed by atoms with Gasteiger partial charge in [0.2, 0.25) is 10.0 Å². The zero-order chi connectivity index (χ0) is 20.3. The molecule has 29 heavy (non-hydrogen) atoms. The van der Waals surface area contributed by atoms with E-state index >= 15 is 0 Å². The number of benzene rings is 2. The smallest absolute Gasteiger partial charge is 0.243 e. The molecule has 0 saturated heterocycles. The number of thiophene rings is 1. The van der Waals surface area contributed by atoms with Gasteiger partial charge in [-0.05, 0) is 59.3 Å². The summed E-state index contributed by atoms with van der Waals surface area (Å²) in [7, 11) is -3.69. The van der Waals surface area contributed by atoms with Gasteiger partial charge in [-0.1, -0.05) is 42.5 Å². The van der Waals surface area contributed by atoms with Crippen LogP contribution in [0.15, 0.2) is 93.8 Å². The highest BCUT2D eigenvalue weighted by Gasteiger charge is 2.26. The lowest BCUT2D eigenvalue weighted by molar-refractivity contribution is 0.360. The topological polar surface area (TPSA) is 50.5 Å². The van der Waals surface area contributed by atoms with Gasteiger partial charge in [0.25, 0.3) is 0 Å². The lowest BCUT2D eigenvalue weighted by atomic mass is 10.1. The molecule has 4 rings (SSSR count). The second-order valence-corrected chi connectivity index (χ2v) is 9.71. The first-order valence-corrected chi connectivity index (χ1v) is 11.6. The van der Waals surface area contributed by atoms with Gasteiger partial charge in [-0.2, -0.15) is 4.31 Å². The second kappa shape index (κ2) is 8.37. The van der Waals surface area contributed by atoms with Crippen LogP contribution in [-0.4, -0.2) is 12.7 Å². The molecular formula is C23H21NO3S2. The molecule has 2 aromatic heterocycles. The Morgan fingerprint density at radius 3 is 2.21 bits per heavy atom. The van der Waals surface area contributed by atoms with Crippen molar-refractivity contribution < 1.29 is 12.8 Å². The molecule has 0 N–H and O–H groups in total. The monoisotopic (exact) mass is 423 g/mol. The highest BCUT2D eigenvalue weighted by molar-refractivity contribution is 7.89. The van der Waals surface area contributed by atoms with Crippen LogP contribution in [0.5, 0.6) is 0 Å². The Morgan fingerprint density at radius 1 is 0.862 bits per heavy atom. The lowest BCUT2D eigenvalue weighted by Crippen LogP contribution is -2.30. The Labute approximate surface area is 175 Å². The third-order valence-corrected chi connectivity index (χ3v) is 7.61. The summed E-state index contributed by atoms with van der Waals surface area (Å²) in [5.41, 5.74) is 3.13. The zero-order valence-corrected chi connectivity index (χ0v) is 17.6. The summed E-state index contributed by atoms with van der Waals surface area (Å²) in [5, 5.41) is 1.98. The molecule has 0 amide bonds. The van der Waals surface area contributed by atoms with Crippen molar-refractivity contribution in [2.75, 3.05) is 0 Å². The summed E-state index contributed by atoms with van der Waals surface area (Å²) in [6.45, 7) is 2.50. The van der Waals surface area contributed by atoms with Crippen molar-refractivity contribution in [1.29, 1.82) is 0 Å². The van der Waals surface area contributed by atoms with E-state index in [1.54, 1.807) is 41.9 Å². The van der Waals surface area contributed by atoms with Crippen molar-refractivity contribution in [3.8, 4) is 11.1 Å². The molecule has 2 heterocycles. The number of rotatable bonds is 7. The van der Waals surface area contributed by atoms with Crippen LogP contribution < -0.4 is 0 Å². The maximum Gasteiger partial charge on any atom is 0.243 e. The van der Waals surface area contributed by atoms with Gasteiger partial charge >= 0.3 is 0 Å². The van der Waals surface area contributed by atoms with Crippen LogP contribution in [0.3, 0.4) is 0 Å². The van der Waals surface area contributed by atoms with E-state index in [2.05, 4.69) is 0 Å². The van der Waals surface area contributed by atoms with Crippen molar-refractivity contribution in [3.63, 3.8) is 0 Å².